The largest absolute Gasteiger partial charge is 0.493 e. The highest BCUT2D eigenvalue weighted by Crippen LogP contribution is 2.35. The molecule has 0 aliphatic carbocycles. The molecule has 3 aromatic rings. The molecule has 0 unspecified atom stereocenters. The highest BCUT2D eigenvalue weighted by Gasteiger charge is 2.32. The minimum atomic E-state index is -3.76. The SMILES string of the molecule is COc1ccc(CCNC(=O)c2cc(S(=O)(=O)N3C[C@H](C)C[C@@H](C)C3)ccc2Sc2cccc(Cl)c2)cc1OC. The Balaban J connectivity index is 1.59. The highest BCUT2D eigenvalue weighted by atomic mass is 35.5. The molecule has 4 rings (SSSR count). The van der Waals surface area contributed by atoms with Crippen LogP contribution in [-0.2, 0) is 16.4 Å². The van der Waals surface area contributed by atoms with Gasteiger partial charge in [0.1, 0.15) is 0 Å². The van der Waals surface area contributed by atoms with Crippen molar-refractivity contribution in [2.75, 3.05) is 33.9 Å². The van der Waals surface area contributed by atoms with E-state index in [0.29, 0.717) is 53.0 Å². The van der Waals surface area contributed by atoms with Gasteiger partial charge in [0, 0.05) is 34.4 Å². The van der Waals surface area contributed by atoms with E-state index in [-0.39, 0.29) is 22.6 Å². The summed E-state index contributed by atoms with van der Waals surface area (Å²) >= 11 is 7.55. The number of benzene rings is 3. The molecule has 0 bridgehead atoms. The van der Waals surface area contributed by atoms with E-state index in [1.165, 1.54) is 17.8 Å². The van der Waals surface area contributed by atoms with Crippen molar-refractivity contribution in [2.45, 2.75) is 41.4 Å². The molecule has 0 radical (unpaired) electrons. The first-order valence-corrected chi connectivity index (χ1v) is 15.8. The molecule has 0 saturated carbocycles. The monoisotopic (exact) mass is 602 g/mol. The molecule has 0 spiro atoms. The number of ether oxygens (including phenoxy) is 2. The normalized spacial score (nSPS) is 17.8. The summed E-state index contributed by atoms with van der Waals surface area (Å²) in [4.78, 5) is 15.1. The van der Waals surface area contributed by atoms with Crippen molar-refractivity contribution in [1.82, 2.24) is 9.62 Å². The molecule has 214 valence electrons. The lowest BCUT2D eigenvalue weighted by atomic mass is 9.94. The molecule has 2 atom stereocenters. The topological polar surface area (TPSA) is 84.9 Å². The van der Waals surface area contributed by atoms with Crippen molar-refractivity contribution in [1.29, 1.82) is 0 Å². The maximum atomic E-state index is 13.6. The van der Waals surface area contributed by atoms with E-state index < -0.39 is 10.0 Å². The Morgan fingerprint density at radius 2 is 1.73 bits per heavy atom. The van der Waals surface area contributed by atoms with Crippen molar-refractivity contribution in [3.8, 4) is 11.5 Å². The van der Waals surface area contributed by atoms with Crippen LogP contribution in [0.2, 0.25) is 5.02 Å². The van der Waals surface area contributed by atoms with Crippen LogP contribution in [0.15, 0.2) is 75.4 Å². The fourth-order valence-electron chi connectivity index (χ4n) is 5.00. The molecule has 1 aliphatic rings. The first-order chi connectivity index (χ1) is 19.1. The van der Waals surface area contributed by atoms with Gasteiger partial charge in [-0.25, -0.2) is 8.42 Å². The van der Waals surface area contributed by atoms with Gasteiger partial charge in [-0.15, -0.1) is 0 Å². The van der Waals surface area contributed by atoms with Crippen molar-refractivity contribution < 1.29 is 22.7 Å². The van der Waals surface area contributed by atoms with Gasteiger partial charge in [0.25, 0.3) is 5.91 Å². The Morgan fingerprint density at radius 3 is 2.40 bits per heavy atom. The number of nitrogens with zero attached hydrogens (tertiary/aromatic N) is 1. The summed E-state index contributed by atoms with van der Waals surface area (Å²) in [5.41, 5.74) is 1.27. The summed E-state index contributed by atoms with van der Waals surface area (Å²) in [6.07, 6.45) is 1.55. The number of rotatable bonds is 10. The zero-order valence-electron chi connectivity index (χ0n) is 23.1. The molecule has 1 saturated heterocycles. The third-order valence-corrected chi connectivity index (χ3v) is 9.97. The second-order valence-corrected chi connectivity index (χ2v) is 13.7. The zero-order chi connectivity index (χ0) is 28.9. The molecule has 10 heteroatoms. The third-order valence-electron chi connectivity index (χ3n) is 6.84. The Labute approximate surface area is 246 Å². The van der Waals surface area contributed by atoms with E-state index >= 15 is 0 Å². The number of amides is 1. The molecular formula is C30H35ClN2O5S2. The van der Waals surface area contributed by atoms with E-state index in [1.54, 1.807) is 36.7 Å². The molecule has 1 heterocycles. The number of hydrogen-bond donors (Lipinski definition) is 1. The van der Waals surface area contributed by atoms with Gasteiger partial charge in [0.05, 0.1) is 24.7 Å². The molecule has 1 N–H and O–H groups in total. The average Bonchev–Trinajstić information content (AvgIpc) is 2.92. The Kier molecular flexibility index (Phi) is 10.1. The van der Waals surface area contributed by atoms with Crippen LogP contribution in [0.4, 0.5) is 0 Å². The standard InChI is InChI=1S/C30H35ClN2O5S2/c1-20-14-21(2)19-33(18-20)40(35,36)25-9-11-29(39-24-7-5-6-23(31)16-24)26(17-25)30(34)32-13-12-22-8-10-27(37-3)28(15-22)38-4/h5-11,15-17,20-21H,12-14,18-19H2,1-4H3,(H,32,34)/t20-,21-/m1/s1. The van der Waals surface area contributed by atoms with Crippen LogP contribution in [0.3, 0.4) is 0 Å². The zero-order valence-corrected chi connectivity index (χ0v) is 25.5. The number of halogens is 1. The lowest BCUT2D eigenvalue weighted by molar-refractivity contribution is 0.0951. The highest BCUT2D eigenvalue weighted by molar-refractivity contribution is 7.99. The molecular weight excluding hydrogens is 568 g/mol. The maximum Gasteiger partial charge on any atom is 0.252 e. The minimum absolute atomic E-state index is 0.120. The van der Waals surface area contributed by atoms with Crippen LogP contribution in [0, 0.1) is 11.8 Å². The van der Waals surface area contributed by atoms with Crippen molar-refractivity contribution >= 4 is 39.3 Å². The fraction of sp³-hybridized carbons (Fsp3) is 0.367. The van der Waals surface area contributed by atoms with E-state index in [1.807, 2.05) is 36.4 Å². The van der Waals surface area contributed by atoms with Crippen LogP contribution in [-0.4, -0.2) is 52.5 Å². The number of nitrogens with one attached hydrogen (secondary N) is 1. The van der Waals surface area contributed by atoms with Crippen molar-refractivity contribution in [3.63, 3.8) is 0 Å². The number of methoxy groups -OCH3 is 2. The summed E-state index contributed by atoms with van der Waals surface area (Å²) < 4.78 is 39.5. The van der Waals surface area contributed by atoms with Crippen molar-refractivity contribution in [3.05, 3.63) is 76.8 Å². The van der Waals surface area contributed by atoms with E-state index in [2.05, 4.69) is 19.2 Å². The van der Waals surface area contributed by atoms with E-state index in [9.17, 15) is 13.2 Å². The molecule has 1 aliphatic heterocycles. The van der Waals surface area contributed by atoms with Gasteiger partial charge in [-0.3, -0.25) is 4.79 Å². The van der Waals surface area contributed by atoms with Crippen molar-refractivity contribution in [2.24, 2.45) is 11.8 Å². The Morgan fingerprint density at radius 1 is 1.00 bits per heavy atom. The summed E-state index contributed by atoms with van der Waals surface area (Å²) in [7, 11) is -0.602. The minimum Gasteiger partial charge on any atom is -0.493 e. The summed E-state index contributed by atoms with van der Waals surface area (Å²) in [5.74, 6) is 1.45. The molecule has 0 aromatic heterocycles. The number of carbonyl (C=O) groups excluding carboxylic acids is 1. The van der Waals surface area contributed by atoms with Crippen LogP contribution >= 0.6 is 23.4 Å². The number of carbonyl (C=O) groups is 1. The van der Waals surface area contributed by atoms with Crippen LogP contribution in [0.5, 0.6) is 11.5 Å². The van der Waals surface area contributed by atoms with Crippen LogP contribution in [0.1, 0.15) is 36.2 Å². The Hall–Kier alpha value is -2.72. The van der Waals surface area contributed by atoms with Crippen LogP contribution in [0.25, 0.3) is 0 Å². The first kappa shape index (κ1) is 30.2. The predicted octanol–water partition coefficient (Wildman–Crippen LogP) is 6.15. The predicted molar refractivity (Wildman–Crippen MR) is 159 cm³/mol. The smallest absolute Gasteiger partial charge is 0.252 e. The van der Waals surface area contributed by atoms with Crippen LogP contribution < -0.4 is 14.8 Å². The van der Waals surface area contributed by atoms with Gasteiger partial charge in [0.15, 0.2) is 11.5 Å². The first-order valence-electron chi connectivity index (χ1n) is 13.2. The second kappa shape index (κ2) is 13.3. The maximum absolute atomic E-state index is 13.6. The average molecular weight is 603 g/mol. The van der Waals surface area contributed by atoms with Gasteiger partial charge in [-0.2, -0.15) is 4.31 Å². The van der Waals surface area contributed by atoms with Gasteiger partial charge in [-0.1, -0.05) is 49.3 Å². The molecule has 40 heavy (non-hydrogen) atoms. The lowest BCUT2D eigenvalue weighted by Crippen LogP contribution is -2.42. The fourth-order valence-corrected chi connectivity index (χ4v) is 7.94. The third kappa shape index (κ3) is 7.32. The molecule has 3 aromatic carbocycles. The molecule has 1 fully saturated rings. The lowest BCUT2D eigenvalue weighted by Gasteiger charge is -2.34. The quantitative estimate of drug-likeness (QED) is 0.300. The van der Waals surface area contributed by atoms with Gasteiger partial charge in [0.2, 0.25) is 10.0 Å². The number of sulfonamides is 1. The summed E-state index contributed by atoms with van der Waals surface area (Å²) in [6, 6.07) is 17.7. The van der Waals surface area contributed by atoms with E-state index in [0.717, 1.165) is 16.9 Å². The Bertz CT molecular complexity index is 1450. The van der Waals surface area contributed by atoms with Gasteiger partial charge < -0.3 is 14.8 Å². The number of piperidine rings is 1. The van der Waals surface area contributed by atoms with Gasteiger partial charge >= 0.3 is 0 Å². The van der Waals surface area contributed by atoms with Gasteiger partial charge in [-0.05, 0) is 78.8 Å². The van der Waals surface area contributed by atoms with E-state index in [4.69, 9.17) is 21.1 Å². The summed E-state index contributed by atoms with van der Waals surface area (Å²) in [5, 5.41) is 3.55. The molecule has 7 nitrogen and oxygen atoms in total. The molecule has 1 amide bonds. The second-order valence-electron chi connectivity index (χ2n) is 10.2. The number of hydrogen-bond acceptors (Lipinski definition) is 6. The summed E-state index contributed by atoms with van der Waals surface area (Å²) in [6.45, 7) is 5.44.